The van der Waals surface area contributed by atoms with E-state index in [0.29, 0.717) is 0 Å². The van der Waals surface area contributed by atoms with E-state index in [-0.39, 0.29) is 0 Å². The molecule has 0 saturated heterocycles. The average Bonchev–Trinajstić information content (AvgIpc) is 2.21. The maximum atomic E-state index is 11.1. The van der Waals surface area contributed by atoms with Crippen LogP contribution < -0.4 is 0 Å². The third-order valence-electron chi connectivity index (χ3n) is 1.73. The van der Waals surface area contributed by atoms with Crippen molar-refractivity contribution in [1.82, 2.24) is 0 Å². The molecule has 0 aromatic rings. The molecule has 9 heteroatoms. The van der Waals surface area contributed by atoms with Crippen LogP contribution >= 0.6 is 7.94 Å². The fraction of sp³-hybridized carbons (Fsp3) is 0.714. The van der Waals surface area contributed by atoms with Crippen molar-refractivity contribution in [3.8, 4) is 0 Å². The lowest BCUT2D eigenvalue weighted by molar-refractivity contribution is -0.146. The van der Waals surface area contributed by atoms with Crippen molar-refractivity contribution in [2.24, 2.45) is 0 Å². The van der Waals surface area contributed by atoms with Gasteiger partial charge in [-0.25, -0.2) is 0 Å². The maximum Gasteiger partial charge on any atom is 0.404 e. The molecule has 0 fully saturated rings. The highest BCUT2D eigenvalue weighted by Crippen LogP contribution is 2.44. The van der Waals surface area contributed by atoms with Gasteiger partial charge in [-0.2, -0.15) is 14.7 Å². The van der Waals surface area contributed by atoms with Crippen LogP contribution in [0, 0.1) is 0 Å². The van der Waals surface area contributed by atoms with Gasteiger partial charge < -0.3 is 15.3 Å². The number of aliphatic hydroxyl groups excluding tert-OH is 3. The topological polar surface area (TPSA) is 156 Å². The van der Waals surface area contributed by atoms with E-state index in [0.717, 1.165) is 0 Å². The number of hydrogen-bond acceptors (Lipinski definition) is 8. The summed E-state index contributed by atoms with van der Waals surface area (Å²) >= 11 is 0. The van der Waals surface area contributed by atoms with Crippen molar-refractivity contribution >= 4 is 19.5 Å². The molecule has 0 saturated carbocycles. The first-order valence-electron chi connectivity index (χ1n) is 4.29. The standard InChI is InChI=1S/C7H14O8P/c8-3-5(10)7(12)6(11)4(9)1-2-16(13,14)15/h5,7-8,10,12-15H,1-3H2/q+1/t5-,7-/m1/s1. The Bertz CT molecular complexity index is 260. The monoisotopic (exact) mass is 257 g/mol. The summed E-state index contributed by atoms with van der Waals surface area (Å²) in [5, 5.41) is 26.3. The number of rotatable bonds is 7. The molecule has 0 radical (unpaired) electrons. The Morgan fingerprint density at radius 2 is 1.62 bits per heavy atom. The van der Waals surface area contributed by atoms with Crippen LogP contribution in [0.4, 0.5) is 0 Å². The van der Waals surface area contributed by atoms with Crippen LogP contribution in [0.15, 0.2) is 0 Å². The zero-order valence-electron chi connectivity index (χ0n) is 8.22. The van der Waals surface area contributed by atoms with Crippen LogP contribution in [0.5, 0.6) is 0 Å². The molecule has 0 aliphatic heterocycles. The lowest BCUT2D eigenvalue weighted by Crippen LogP contribution is -2.40. The van der Waals surface area contributed by atoms with Gasteiger partial charge in [0.25, 0.3) is 0 Å². The Morgan fingerprint density at radius 3 is 2.00 bits per heavy atom. The molecule has 8 nitrogen and oxygen atoms in total. The molecule has 0 bridgehead atoms. The largest absolute Gasteiger partial charge is 0.404 e. The highest BCUT2D eigenvalue weighted by atomic mass is 31.2. The summed E-state index contributed by atoms with van der Waals surface area (Å²) in [5.74, 6) is -2.52. The SMILES string of the molecule is O=C(CC[P+](O)(O)O)C(=O)[C@H](O)[C@H](O)CO. The lowest BCUT2D eigenvalue weighted by atomic mass is 10.1. The van der Waals surface area contributed by atoms with Crippen molar-refractivity contribution < 1.29 is 39.6 Å². The second-order valence-electron chi connectivity index (χ2n) is 3.15. The predicted octanol–water partition coefficient (Wildman–Crippen LogP) is -3.03. The molecule has 16 heavy (non-hydrogen) atoms. The van der Waals surface area contributed by atoms with Crippen molar-refractivity contribution in [3.63, 3.8) is 0 Å². The van der Waals surface area contributed by atoms with Crippen molar-refractivity contribution in [1.29, 1.82) is 0 Å². The zero-order chi connectivity index (χ0) is 12.9. The van der Waals surface area contributed by atoms with Gasteiger partial charge in [0.1, 0.15) is 18.4 Å². The summed E-state index contributed by atoms with van der Waals surface area (Å²) in [4.78, 5) is 47.7. The van der Waals surface area contributed by atoms with E-state index in [9.17, 15) is 9.59 Å². The fourth-order valence-electron chi connectivity index (χ4n) is 0.814. The second kappa shape index (κ2) is 6.31. The molecule has 0 spiro atoms. The predicted molar refractivity (Wildman–Crippen MR) is 52.2 cm³/mol. The van der Waals surface area contributed by atoms with Gasteiger partial charge in [0, 0.05) is 0 Å². The number of hydrogen-bond donors (Lipinski definition) is 6. The number of ketones is 2. The second-order valence-corrected chi connectivity index (χ2v) is 4.98. The van der Waals surface area contributed by atoms with Gasteiger partial charge in [-0.15, -0.1) is 0 Å². The molecule has 6 N–H and O–H groups in total. The molecule has 0 amide bonds. The van der Waals surface area contributed by atoms with Crippen LogP contribution in [0.1, 0.15) is 6.42 Å². The van der Waals surface area contributed by atoms with Gasteiger partial charge >= 0.3 is 7.94 Å². The fourth-order valence-corrected chi connectivity index (χ4v) is 1.32. The molecule has 2 atom stereocenters. The lowest BCUT2D eigenvalue weighted by Gasteiger charge is -2.13. The summed E-state index contributed by atoms with van der Waals surface area (Å²) in [5.41, 5.74) is 0. The van der Waals surface area contributed by atoms with Crippen LogP contribution in [0.3, 0.4) is 0 Å². The van der Waals surface area contributed by atoms with Crippen molar-refractivity contribution in [2.75, 3.05) is 12.8 Å². The summed E-state index contributed by atoms with van der Waals surface area (Å²) in [6.45, 7) is -0.892. The van der Waals surface area contributed by atoms with E-state index < -0.39 is 50.9 Å². The van der Waals surface area contributed by atoms with E-state index in [1.54, 1.807) is 0 Å². The molecule has 0 aromatic carbocycles. The minimum absolute atomic E-state index is 0.661. The van der Waals surface area contributed by atoms with Gasteiger partial charge in [-0.05, 0) is 0 Å². The van der Waals surface area contributed by atoms with Crippen molar-refractivity contribution in [3.05, 3.63) is 0 Å². The normalized spacial score (nSPS) is 15.6. The minimum Gasteiger partial charge on any atom is -0.394 e. The molecular weight excluding hydrogens is 243 g/mol. The molecule has 0 aromatic heterocycles. The van der Waals surface area contributed by atoms with Crippen LogP contribution in [0.2, 0.25) is 0 Å². The maximum absolute atomic E-state index is 11.1. The third kappa shape index (κ3) is 5.57. The van der Waals surface area contributed by atoms with E-state index >= 15 is 0 Å². The number of carbonyl (C=O) groups excluding carboxylic acids is 2. The first kappa shape index (κ1) is 15.5. The Hall–Kier alpha value is -0.470. The number of Topliss-reactive ketones (excluding diaryl/α,β-unsaturated/α-hetero) is 2. The smallest absolute Gasteiger partial charge is 0.394 e. The van der Waals surface area contributed by atoms with E-state index in [1.165, 1.54) is 0 Å². The van der Waals surface area contributed by atoms with Gasteiger partial charge in [0.2, 0.25) is 11.6 Å². The number of carbonyl (C=O) groups is 2. The van der Waals surface area contributed by atoms with Gasteiger partial charge in [0.05, 0.1) is 13.0 Å². The van der Waals surface area contributed by atoms with E-state index in [1.807, 2.05) is 0 Å². The van der Waals surface area contributed by atoms with Gasteiger partial charge in [-0.3, -0.25) is 9.59 Å². The highest BCUT2D eigenvalue weighted by Gasteiger charge is 2.34. The van der Waals surface area contributed by atoms with Crippen molar-refractivity contribution in [2.45, 2.75) is 18.6 Å². The van der Waals surface area contributed by atoms with Crippen LogP contribution in [0.25, 0.3) is 0 Å². The summed E-state index contributed by atoms with van der Waals surface area (Å²) < 4.78 is 0. The Morgan fingerprint density at radius 1 is 1.12 bits per heavy atom. The summed E-state index contributed by atoms with van der Waals surface area (Å²) in [7, 11) is -4.14. The van der Waals surface area contributed by atoms with Crippen LogP contribution in [-0.2, 0) is 9.59 Å². The quantitative estimate of drug-likeness (QED) is 0.208. The third-order valence-corrected chi connectivity index (χ3v) is 2.56. The molecule has 0 aliphatic carbocycles. The average molecular weight is 257 g/mol. The molecule has 0 unspecified atom stereocenters. The van der Waals surface area contributed by atoms with E-state index in [2.05, 4.69) is 0 Å². The summed E-state index contributed by atoms with van der Waals surface area (Å²) in [6.07, 6.45) is -5.18. The molecular formula is C7H14O8P+. The first-order valence-corrected chi connectivity index (χ1v) is 6.12. The molecule has 0 aliphatic rings. The van der Waals surface area contributed by atoms with Gasteiger partial charge in [0.15, 0.2) is 0 Å². The summed E-state index contributed by atoms with van der Waals surface area (Å²) in [6, 6.07) is 0. The zero-order valence-corrected chi connectivity index (χ0v) is 9.12. The Balaban J connectivity index is 4.24. The number of aliphatic hydroxyl groups is 3. The highest BCUT2D eigenvalue weighted by molar-refractivity contribution is 7.58. The van der Waals surface area contributed by atoms with E-state index in [4.69, 9.17) is 30.0 Å². The molecule has 94 valence electrons. The molecule has 0 rings (SSSR count). The Labute approximate surface area is 91.4 Å². The molecule has 0 heterocycles. The van der Waals surface area contributed by atoms with Crippen LogP contribution in [-0.4, -0.2) is 66.5 Å². The Kier molecular flexibility index (Phi) is 6.13. The van der Waals surface area contributed by atoms with Gasteiger partial charge in [-0.1, -0.05) is 0 Å². The first-order chi connectivity index (χ1) is 7.19. The minimum atomic E-state index is -4.14.